The average Bonchev–Trinajstić information content (AvgIpc) is 3.46. The first-order valence-electron chi connectivity index (χ1n) is 12.3. The molecule has 4 fully saturated rings. The summed E-state index contributed by atoms with van der Waals surface area (Å²) in [6.45, 7) is 17.9. The highest BCUT2D eigenvalue weighted by atomic mass is 32.1. The van der Waals surface area contributed by atoms with E-state index in [1.165, 1.54) is 10.1 Å². The lowest BCUT2D eigenvalue weighted by atomic mass is 10.1. The van der Waals surface area contributed by atoms with Gasteiger partial charge in [0.1, 0.15) is 0 Å². The summed E-state index contributed by atoms with van der Waals surface area (Å²) in [7, 11) is -0.804. The van der Waals surface area contributed by atoms with Crippen LogP contribution in [0.25, 0.3) is 10.1 Å². The molecule has 4 saturated heterocycles. The number of benzene rings is 1. The molecule has 0 N–H and O–H groups in total. The van der Waals surface area contributed by atoms with Crippen molar-refractivity contribution in [2.24, 2.45) is 0 Å². The molecule has 7 heteroatoms. The fourth-order valence-electron chi connectivity index (χ4n) is 6.72. The molecule has 0 saturated carbocycles. The minimum absolute atomic E-state index is 0.186. The van der Waals surface area contributed by atoms with Crippen molar-refractivity contribution in [3.05, 3.63) is 24.3 Å². The Morgan fingerprint density at radius 1 is 0.667 bits per heavy atom. The van der Waals surface area contributed by atoms with E-state index in [0.717, 1.165) is 0 Å². The quantitative estimate of drug-likeness (QED) is 0.487. The number of ether oxygens (including phenoxy) is 4. The molecule has 180 valence electrons. The SMILES string of the molecule is CC1C2OC(C)(C)O[C@@H]2[C@H](C)P1c1sc2ccccc2c1P1C(C)C2OC(C)(C)O[C@@H]2[C@@H]1C. The van der Waals surface area contributed by atoms with Crippen molar-refractivity contribution in [3.8, 4) is 0 Å². The van der Waals surface area contributed by atoms with Crippen molar-refractivity contribution in [3.63, 3.8) is 0 Å². The smallest absolute Gasteiger partial charge is 0.163 e. The summed E-state index contributed by atoms with van der Waals surface area (Å²) in [6, 6.07) is 9.05. The first-order chi connectivity index (χ1) is 15.5. The number of rotatable bonds is 2. The van der Waals surface area contributed by atoms with Crippen LogP contribution in [0.15, 0.2) is 24.3 Å². The Morgan fingerprint density at radius 3 is 1.58 bits per heavy atom. The van der Waals surface area contributed by atoms with E-state index in [2.05, 4.69) is 79.7 Å². The lowest BCUT2D eigenvalue weighted by molar-refractivity contribution is -0.147. The van der Waals surface area contributed by atoms with E-state index in [1.807, 2.05) is 11.3 Å². The van der Waals surface area contributed by atoms with Gasteiger partial charge in [-0.1, -0.05) is 61.7 Å². The van der Waals surface area contributed by atoms with E-state index in [1.54, 1.807) is 9.92 Å². The molecule has 4 nitrogen and oxygen atoms in total. The number of hydrogen-bond acceptors (Lipinski definition) is 5. The molecule has 4 aliphatic heterocycles. The van der Waals surface area contributed by atoms with Crippen LogP contribution < -0.4 is 9.92 Å². The fourth-order valence-corrected chi connectivity index (χ4v) is 16.8. The zero-order chi connectivity index (χ0) is 23.4. The van der Waals surface area contributed by atoms with Crippen molar-refractivity contribution in [2.45, 2.75) is 114 Å². The third-order valence-electron chi connectivity index (χ3n) is 8.03. The molecule has 1 aromatic heterocycles. The van der Waals surface area contributed by atoms with Gasteiger partial charge in [0.25, 0.3) is 0 Å². The zero-order valence-electron chi connectivity index (χ0n) is 20.9. The standard InChI is InChI=1S/C26H36O4P2S/c1-13-19-20(28-25(5,6)27-19)14(2)31(13)23-17-11-9-10-12-18(17)33-24(23)32-15(3)21-22(16(32)4)30-26(7,8)29-21/h9-16,19-22H,1-8H3/t13-,14?,15-,16?,19+,20?,21+,22?,31?,32?/m0/s1. The largest absolute Gasteiger partial charge is 0.344 e. The fraction of sp³-hybridized carbons (Fsp3) is 0.692. The van der Waals surface area contributed by atoms with E-state index in [9.17, 15) is 0 Å². The third-order valence-corrected chi connectivity index (χ3v) is 16.6. The molecule has 1 aromatic carbocycles. The molecular weight excluding hydrogens is 470 g/mol. The van der Waals surface area contributed by atoms with E-state index in [4.69, 9.17) is 18.9 Å². The van der Waals surface area contributed by atoms with Crippen LogP contribution in [0.1, 0.15) is 55.4 Å². The molecule has 0 radical (unpaired) electrons. The van der Waals surface area contributed by atoms with Gasteiger partial charge in [-0.25, -0.2) is 0 Å². The van der Waals surface area contributed by atoms with Crippen LogP contribution >= 0.6 is 27.2 Å². The van der Waals surface area contributed by atoms with Crippen LogP contribution in [0.3, 0.4) is 0 Å². The van der Waals surface area contributed by atoms with Gasteiger partial charge in [-0.15, -0.1) is 11.3 Å². The Kier molecular flexibility index (Phi) is 5.43. The summed E-state index contributed by atoms with van der Waals surface area (Å²) in [6.07, 6.45) is 0.755. The summed E-state index contributed by atoms with van der Waals surface area (Å²) in [4.78, 5) is 0. The lowest BCUT2D eigenvalue weighted by Crippen LogP contribution is -2.32. The first-order valence-corrected chi connectivity index (χ1v) is 16.1. The van der Waals surface area contributed by atoms with Gasteiger partial charge in [0.05, 0.1) is 24.4 Å². The van der Waals surface area contributed by atoms with Gasteiger partial charge in [-0.3, -0.25) is 0 Å². The zero-order valence-corrected chi connectivity index (χ0v) is 23.5. The molecule has 4 aliphatic rings. The molecule has 2 aromatic rings. The van der Waals surface area contributed by atoms with E-state index in [0.29, 0.717) is 22.6 Å². The number of hydrogen-bond donors (Lipinski definition) is 0. The first kappa shape index (κ1) is 23.3. The average molecular weight is 507 g/mol. The maximum atomic E-state index is 6.45. The van der Waals surface area contributed by atoms with Gasteiger partial charge in [-0.05, 0) is 33.8 Å². The highest BCUT2D eigenvalue weighted by Gasteiger charge is 2.59. The minimum Gasteiger partial charge on any atom is -0.344 e. The Bertz CT molecular complexity index is 1040. The lowest BCUT2D eigenvalue weighted by Gasteiger charge is -2.32. The van der Waals surface area contributed by atoms with Crippen LogP contribution in [-0.2, 0) is 18.9 Å². The van der Waals surface area contributed by atoms with Crippen LogP contribution in [0.5, 0.6) is 0 Å². The van der Waals surface area contributed by atoms with E-state index >= 15 is 0 Å². The highest BCUT2D eigenvalue weighted by molar-refractivity contribution is 7.79. The van der Waals surface area contributed by atoms with Crippen LogP contribution in [0, 0.1) is 0 Å². The van der Waals surface area contributed by atoms with Crippen LogP contribution in [0.2, 0.25) is 0 Å². The molecule has 33 heavy (non-hydrogen) atoms. The second-order valence-electron chi connectivity index (χ2n) is 11.2. The molecule has 6 rings (SSSR count). The maximum absolute atomic E-state index is 6.45. The Labute approximate surface area is 204 Å². The van der Waals surface area contributed by atoms with Crippen molar-refractivity contribution >= 4 is 47.2 Å². The molecular formula is C26H36O4P2S. The van der Waals surface area contributed by atoms with Gasteiger partial charge >= 0.3 is 0 Å². The second-order valence-corrected chi connectivity index (χ2v) is 18.3. The Balaban J connectivity index is 1.45. The van der Waals surface area contributed by atoms with E-state index < -0.39 is 19.5 Å². The van der Waals surface area contributed by atoms with Gasteiger partial charge in [0.2, 0.25) is 0 Å². The molecule has 0 bridgehead atoms. The monoisotopic (exact) mass is 506 g/mol. The van der Waals surface area contributed by atoms with Gasteiger partial charge in [0.15, 0.2) is 11.6 Å². The summed E-state index contributed by atoms with van der Waals surface area (Å²) >= 11 is 2.04. The van der Waals surface area contributed by atoms with Crippen molar-refractivity contribution in [1.82, 2.24) is 0 Å². The normalized spacial score (nSPS) is 45.6. The molecule has 10 atom stereocenters. The third kappa shape index (κ3) is 3.45. The van der Waals surface area contributed by atoms with Crippen molar-refractivity contribution in [1.29, 1.82) is 0 Å². The molecule has 5 heterocycles. The van der Waals surface area contributed by atoms with Gasteiger partial charge < -0.3 is 18.9 Å². The summed E-state index contributed by atoms with van der Waals surface area (Å²) < 4.78 is 28.8. The number of fused-ring (bicyclic) bond motifs is 3. The Hall–Kier alpha value is -0.120. The summed E-state index contributed by atoms with van der Waals surface area (Å²) in [5, 5.41) is 3.09. The topological polar surface area (TPSA) is 36.9 Å². The predicted molar refractivity (Wildman–Crippen MR) is 140 cm³/mol. The van der Waals surface area contributed by atoms with Crippen LogP contribution in [0.4, 0.5) is 0 Å². The van der Waals surface area contributed by atoms with Crippen molar-refractivity contribution < 1.29 is 18.9 Å². The molecule has 0 aliphatic carbocycles. The van der Waals surface area contributed by atoms with E-state index in [-0.39, 0.29) is 32.3 Å². The molecule has 0 amide bonds. The molecule has 0 spiro atoms. The summed E-state index contributed by atoms with van der Waals surface area (Å²) in [5.41, 5.74) is 1.94. The molecule has 6 unspecified atom stereocenters. The maximum Gasteiger partial charge on any atom is 0.163 e. The second kappa shape index (κ2) is 7.69. The van der Waals surface area contributed by atoms with Crippen molar-refractivity contribution in [2.75, 3.05) is 0 Å². The van der Waals surface area contributed by atoms with Gasteiger partial charge in [0, 0.05) is 42.6 Å². The van der Waals surface area contributed by atoms with Crippen LogP contribution in [-0.4, -0.2) is 58.6 Å². The minimum atomic E-state index is -0.476. The number of thiophene rings is 1. The highest BCUT2D eigenvalue weighted by Crippen LogP contribution is 2.65. The summed E-state index contributed by atoms with van der Waals surface area (Å²) in [5.74, 6) is -0.948. The van der Waals surface area contributed by atoms with Gasteiger partial charge in [-0.2, -0.15) is 0 Å². The predicted octanol–water partition coefficient (Wildman–Crippen LogP) is 5.74. The Morgan fingerprint density at radius 2 is 1.09 bits per heavy atom.